The van der Waals surface area contributed by atoms with Gasteiger partial charge in [0.25, 0.3) is 0 Å². The zero-order chi connectivity index (χ0) is 14.1. The van der Waals surface area contributed by atoms with Crippen molar-refractivity contribution >= 4 is 23.8 Å². The molecular weight excluding hydrogens is 254 g/mol. The predicted octanol–water partition coefficient (Wildman–Crippen LogP) is 0.442. The Balaban J connectivity index is 4.12. The Kier molecular flexibility index (Phi) is 8.57. The lowest BCUT2D eigenvalue weighted by molar-refractivity contribution is -0.139. The van der Waals surface area contributed by atoms with Gasteiger partial charge in [-0.15, -0.1) is 0 Å². The minimum atomic E-state index is -1.00. The van der Waals surface area contributed by atoms with Gasteiger partial charge in [0.1, 0.15) is 6.04 Å². The molecule has 0 heterocycles. The summed E-state index contributed by atoms with van der Waals surface area (Å²) in [6.07, 6.45) is 2.32. The fourth-order valence-electron chi connectivity index (χ4n) is 1.51. The lowest BCUT2D eigenvalue weighted by atomic mass is 10.2. The molecule has 0 aromatic rings. The number of carboxylic acid groups (broad SMARTS) is 1. The second-order valence-corrected chi connectivity index (χ2v) is 5.44. The van der Waals surface area contributed by atoms with Crippen molar-refractivity contribution in [2.75, 3.05) is 32.6 Å². The van der Waals surface area contributed by atoms with E-state index in [0.717, 1.165) is 0 Å². The first-order chi connectivity index (χ1) is 8.36. The van der Waals surface area contributed by atoms with Crippen LogP contribution in [0.15, 0.2) is 0 Å². The third-order valence-corrected chi connectivity index (χ3v) is 2.87. The Morgan fingerprint density at radius 3 is 2.39 bits per heavy atom. The number of likely N-dealkylation sites (N-methyl/N-ethyl adjacent to an activating group) is 1. The smallest absolute Gasteiger partial charge is 0.326 e. The molecular formula is C11H23N3O3S. The number of nitrogens with one attached hydrogen (secondary N) is 2. The van der Waals surface area contributed by atoms with Crippen molar-refractivity contribution in [3.63, 3.8) is 0 Å². The van der Waals surface area contributed by atoms with Gasteiger partial charge in [0, 0.05) is 12.6 Å². The summed E-state index contributed by atoms with van der Waals surface area (Å²) in [6, 6.07) is -1.29. The van der Waals surface area contributed by atoms with Gasteiger partial charge >= 0.3 is 12.0 Å². The zero-order valence-electron chi connectivity index (χ0n) is 11.4. The maximum absolute atomic E-state index is 11.6. The van der Waals surface area contributed by atoms with Gasteiger partial charge in [0.15, 0.2) is 0 Å². The van der Waals surface area contributed by atoms with Gasteiger partial charge in [-0.05, 0) is 39.4 Å². The molecule has 0 aromatic heterocycles. The number of urea groups is 1. The Hall–Kier alpha value is -0.950. The molecule has 18 heavy (non-hydrogen) atoms. The average molecular weight is 277 g/mol. The van der Waals surface area contributed by atoms with Gasteiger partial charge in [0.05, 0.1) is 0 Å². The summed E-state index contributed by atoms with van der Waals surface area (Å²) in [7, 11) is 3.82. The fraction of sp³-hybridized carbons (Fsp3) is 0.818. The number of nitrogens with zero attached hydrogens (tertiary/aromatic N) is 1. The van der Waals surface area contributed by atoms with E-state index in [4.69, 9.17) is 5.11 Å². The number of carbonyl (C=O) groups excluding carboxylic acids is 1. The van der Waals surface area contributed by atoms with Crippen LogP contribution < -0.4 is 10.6 Å². The molecule has 0 aliphatic rings. The van der Waals surface area contributed by atoms with Gasteiger partial charge in [-0.25, -0.2) is 9.59 Å². The molecule has 0 aliphatic carbocycles. The number of hydrogen-bond acceptors (Lipinski definition) is 4. The summed E-state index contributed by atoms with van der Waals surface area (Å²) in [5.41, 5.74) is 0. The van der Waals surface area contributed by atoms with Crippen LogP contribution in [0.5, 0.6) is 0 Å². The summed E-state index contributed by atoms with van der Waals surface area (Å²) in [4.78, 5) is 24.5. The Labute approximate surface area is 112 Å². The summed E-state index contributed by atoms with van der Waals surface area (Å²) in [5, 5.41) is 14.2. The van der Waals surface area contributed by atoms with Crippen LogP contribution in [-0.4, -0.2) is 66.7 Å². The van der Waals surface area contributed by atoms with Gasteiger partial charge in [0.2, 0.25) is 0 Å². The van der Waals surface area contributed by atoms with E-state index in [2.05, 4.69) is 10.6 Å². The van der Waals surface area contributed by atoms with Crippen LogP contribution >= 0.6 is 11.8 Å². The molecule has 0 bridgehead atoms. The van der Waals surface area contributed by atoms with E-state index in [9.17, 15) is 9.59 Å². The summed E-state index contributed by atoms with van der Waals surface area (Å²) >= 11 is 1.56. The number of carboxylic acids is 1. The quantitative estimate of drug-likeness (QED) is 0.600. The summed E-state index contributed by atoms with van der Waals surface area (Å²) in [6.45, 7) is 2.58. The molecule has 0 fully saturated rings. The van der Waals surface area contributed by atoms with E-state index in [1.807, 2.05) is 32.2 Å². The van der Waals surface area contributed by atoms with Gasteiger partial charge in [-0.2, -0.15) is 11.8 Å². The monoisotopic (exact) mass is 277 g/mol. The fourth-order valence-corrected chi connectivity index (χ4v) is 1.98. The van der Waals surface area contributed by atoms with E-state index in [-0.39, 0.29) is 6.04 Å². The number of hydrogen-bond donors (Lipinski definition) is 3. The maximum atomic E-state index is 11.6. The second kappa shape index (κ2) is 9.04. The van der Waals surface area contributed by atoms with Crippen molar-refractivity contribution < 1.29 is 14.7 Å². The standard InChI is InChI=1S/C11H23N3O3S/c1-8(7-14(2)3)12-11(17)13-9(10(15)16)5-6-18-4/h8-9H,5-7H2,1-4H3,(H,15,16)(H2,12,13,17)/t8?,9-/m1/s1. The van der Waals surface area contributed by atoms with Crippen LogP contribution in [0.3, 0.4) is 0 Å². The molecule has 0 saturated carbocycles. The zero-order valence-corrected chi connectivity index (χ0v) is 12.2. The van der Waals surface area contributed by atoms with Crippen molar-refractivity contribution in [3.8, 4) is 0 Å². The average Bonchev–Trinajstić information content (AvgIpc) is 2.22. The molecule has 0 aromatic carbocycles. The first-order valence-electron chi connectivity index (χ1n) is 5.80. The molecule has 2 amide bonds. The Morgan fingerprint density at radius 1 is 1.33 bits per heavy atom. The highest BCUT2D eigenvalue weighted by molar-refractivity contribution is 7.98. The highest BCUT2D eigenvalue weighted by Crippen LogP contribution is 2.01. The number of amides is 2. The van der Waals surface area contributed by atoms with Crippen LogP contribution in [0.1, 0.15) is 13.3 Å². The third-order valence-electron chi connectivity index (χ3n) is 2.23. The van der Waals surface area contributed by atoms with Crippen LogP contribution in [0.4, 0.5) is 4.79 Å². The molecule has 0 radical (unpaired) electrons. The normalized spacial score (nSPS) is 14.1. The Bertz CT molecular complexity index is 274. The first-order valence-corrected chi connectivity index (χ1v) is 7.19. The van der Waals surface area contributed by atoms with E-state index in [1.165, 1.54) is 0 Å². The molecule has 0 spiro atoms. The molecule has 1 unspecified atom stereocenters. The molecule has 6 nitrogen and oxygen atoms in total. The molecule has 3 N–H and O–H groups in total. The van der Waals surface area contributed by atoms with Crippen molar-refractivity contribution in [2.45, 2.75) is 25.4 Å². The minimum Gasteiger partial charge on any atom is -0.480 e. The third kappa shape index (κ3) is 8.19. The van der Waals surface area contributed by atoms with E-state index >= 15 is 0 Å². The molecule has 2 atom stereocenters. The lowest BCUT2D eigenvalue weighted by Crippen LogP contribution is -2.50. The van der Waals surface area contributed by atoms with Gasteiger partial charge in [-0.3, -0.25) is 0 Å². The van der Waals surface area contributed by atoms with Crippen molar-refractivity contribution in [1.82, 2.24) is 15.5 Å². The number of thioether (sulfide) groups is 1. The largest absolute Gasteiger partial charge is 0.480 e. The summed E-state index contributed by atoms with van der Waals surface area (Å²) < 4.78 is 0. The van der Waals surface area contributed by atoms with E-state index in [0.29, 0.717) is 18.7 Å². The molecule has 0 rings (SSSR count). The van der Waals surface area contributed by atoms with Gasteiger partial charge < -0.3 is 20.6 Å². The van der Waals surface area contributed by atoms with E-state index in [1.54, 1.807) is 11.8 Å². The number of aliphatic carboxylic acids is 1. The topological polar surface area (TPSA) is 81.7 Å². The van der Waals surface area contributed by atoms with E-state index < -0.39 is 18.0 Å². The first kappa shape index (κ1) is 17.1. The van der Waals surface area contributed by atoms with Crippen molar-refractivity contribution in [1.29, 1.82) is 0 Å². The van der Waals surface area contributed by atoms with Crippen LogP contribution in [-0.2, 0) is 4.79 Å². The molecule has 7 heteroatoms. The summed E-state index contributed by atoms with van der Waals surface area (Å²) in [5.74, 6) is -0.302. The maximum Gasteiger partial charge on any atom is 0.326 e. The highest BCUT2D eigenvalue weighted by atomic mass is 32.2. The van der Waals surface area contributed by atoms with Crippen LogP contribution in [0.25, 0.3) is 0 Å². The van der Waals surface area contributed by atoms with Crippen LogP contribution in [0.2, 0.25) is 0 Å². The SMILES string of the molecule is CSCC[C@@H](NC(=O)NC(C)CN(C)C)C(=O)O. The molecule has 106 valence electrons. The second-order valence-electron chi connectivity index (χ2n) is 4.45. The highest BCUT2D eigenvalue weighted by Gasteiger charge is 2.20. The number of rotatable bonds is 8. The Morgan fingerprint density at radius 2 is 1.94 bits per heavy atom. The number of carbonyl (C=O) groups is 2. The van der Waals surface area contributed by atoms with Crippen molar-refractivity contribution in [3.05, 3.63) is 0 Å². The molecule has 0 aliphatic heterocycles. The minimum absolute atomic E-state index is 0.0324. The van der Waals surface area contributed by atoms with Crippen LogP contribution in [0, 0.1) is 0 Å². The van der Waals surface area contributed by atoms with Crippen molar-refractivity contribution in [2.24, 2.45) is 0 Å². The lowest BCUT2D eigenvalue weighted by Gasteiger charge is -2.20. The molecule has 0 saturated heterocycles. The predicted molar refractivity (Wildman–Crippen MR) is 74.1 cm³/mol. The van der Waals surface area contributed by atoms with Gasteiger partial charge in [-0.1, -0.05) is 0 Å².